The van der Waals surface area contributed by atoms with Gasteiger partial charge in [-0.25, -0.2) is 4.68 Å². The lowest BCUT2D eigenvalue weighted by Crippen LogP contribution is -2.33. The Morgan fingerprint density at radius 1 is 1.21 bits per heavy atom. The van der Waals surface area contributed by atoms with Gasteiger partial charge in [-0.3, -0.25) is 9.59 Å². The normalized spacial score (nSPS) is 12.1. The van der Waals surface area contributed by atoms with Crippen molar-refractivity contribution in [3.63, 3.8) is 0 Å². The summed E-state index contributed by atoms with van der Waals surface area (Å²) in [7, 11) is 0. The molecule has 3 aromatic rings. The molecule has 0 bridgehead atoms. The van der Waals surface area contributed by atoms with E-state index in [1.807, 2.05) is 19.1 Å². The molecule has 24 heavy (non-hydrogen) atoms. The summed E-state index contributed by atoms with van der Waals surface area (Å²) in [4.78, 5) is 25.1. The van der Waals surface area contributed by atoms with E-state index in [1.165, 1.54) is 4.68 Å². The fourth-order valence-electron chi connectivity index (χ4n) is 2.47. The van der Waals surface area contributed by atoms with Crippen LogP contribution >= 0.6 is 11.6 Å². The van der Waals surface area contributed by atoms with Crippen LogP contribution in [0.15, 0.2) is 53.5 Å². The molecule has 3 rings (SSSR count). The van der Waals surface area contributed by atoms with Crippen LogP contribution in [-0.4, -0.2) is 15.7 Å². The quantitative estimate of drug-likeness (QED) is 0.792. The zero-order valence-electron chi connectivity index (χ0n) is 13.3. The number of nitrogens with zero attached hydrogens (tertiary/aromatic N) is 2. The highest BCUT2D eigenvalue weighted by molar-refractivity contribution is 6.31. The van der Waals surface area contributed by atoms with Crippen molar-refractivity contribution in [2.45, 2.75) is 19.9 Å². The lowest BCUT2D eigenvalue weighted by molar-refractivity contribution is -0.119. The monoisotopic (exact) mass is 341 g/mol. The lowest BCUT2D eigenvalue weighted by Gasteiger charge is -2.16. The van der Waals surface area contributed by atoms with Crippen molar-refractivity contribution < 1.29 is 4.79 Å². The second-order valence-electron chi connectivity index (χ2n) is 5.56. The van der Waals surface area contributed by atoms with Gasteiger partial charge < -0.3 is 5.32 Å². The van der Waals surface area contributed by atoms with Crippen LogP contribution in [0, 0.1) is 6.92 Å². The van der Waals surface area contributed by atoms with Crippen molar-refractivity contribution >= 4 is 34.0 Å². The number of nitrogens with one attached hydrogen (secondary N) is 1. The van der Waals surface area contributed by atoms with Gasteiger partial charge in [0.25, 0.3) is 5.56 Å². The molecule has 2 aromatic carbocycles. The number of anilines is 1. The third-order valence-corrected chi connectivity index (χ3v) is 4.40. The first kappa shape index (κ1) is 16.2. The van der Waals surface area contributed by atoms with Gasteiger partial charge >= 0.3 is 0 Å². The summed E-state index contributed by atoms with van der Waals surface area (Å²) < 4.78 is 1.19. The van der Waals surface area contributed by atoms with E-state index < -0.39 is 6.04 Å². The molecule has 6 heteroatoms. The third-order valence-electron chi connectivity index (χ3n) is 3.99. The van der Waals surface area contributed by atoms with Crippen LogP contribution in [0.1, 0.15) is 18.5 Å². The Labute approximate surface area is 143 Å². The van der Waals surface area contributed by atoms with Crippen molar-refractivity contribution in [2.75, 3.05) is 5.32 Å². The van der Waals surface area contributed by atoms with Gasteiger partial charge in [-0.05, 0) is 37.6 Å². The van der Waals surface area contributed by atoms with Crippen molar-refractivity contribution in [1.29, 1.82) is 0 Å². The first-order chi connectivity index (χ1) is 11.5. The zero-order valence-corrected chi connectivity index (χ0v) is 14.0. The third kappa shape index (κ3) is 2.90. The van der Waals surface area contributed by atoms with Crippen LogP contribution in [0.3, 0.4) is 0 Å². The number of hydrogen-bond donors (Lipinski definition) is 1. The highest BCUT2D eigenvalue weighted by Gasteiger charge is 2.19. The molecule has 1 heterocycles. The molecule has 1 N–H and O–H groups in total. The van der Waals surface area contributed by atoms with Crippen molar-refractivity contribution in [3.8, 4) is 0 Å². The number of halogens is 1. The second kappa shape index (κ2) is 6.45. The molecule has 1 amide bonds. The zero-order chi connectivity index (χ0) is 17.3. The Kier molecular flexibility index (Phi) is 4.36. The molecule has 1 aromatic heterocycles. The van der Waals surface area contributed by atoms with E-state index >= 15 is 0 Å². The van der Waals surface area contributed by atoms with Gasteiger partial charge in [-0.15, -0.1) is 0 Å². The van der Waals surface area contributed by atoms with E-state index in [1.54, 1.807) is 43.5 Å². The largest absolute Gasteiger partial charge is 0.324 e. The minimum absolute atomic E-state index is 0.293. The first-order valence-electron chi connectivity index (χ1n) is 7.51. The Morgan fingerprint density at radius 3 is 2.75 bits per heavy atom. The van der Waals surface area contributed by atoms with Crippen LogP contribution in [0.4, 0.5) is 5.69 Å². The van der Waals surface area contributed by atoms with Gasteiger partial charge in [0.2, 0.25) is 5.91 Å². The van der Waals surface area contributed by atoms with Gasteiger partial charge in [-0.1, -0.05) is 35.9 Å². The van der Waals surface area contributed by atoms with E-state index in [2.05, 4.69) is 10.4 Å². The van der Waals surface area contributed by atoms with Gasteiger partial charge in [0.15, 0.2) is 0 Å². The molecule has 5 nitrogen and oxygen atoms in total. The van der Waals surface area contributed by atoms with E-state index in [-0.39, 0.29) is 11.5 Å². The van der Waals surface area contributed by atoms with Crippen LogP contribution in [0.5, 0.6) is 0 Å². The van der Waals surface area contributed by atoms with Crippen LogP contribution in [0.2, 0.25) is 5.02 Å². The summed E-state index contributed by atoms with van der Waals surface area (Å²) >= 11 is 6.07. The molecule has 0 radical (unpaired) electrons. The minimum Gasteiger partial charge on any atom is -0.324 e. The number of benzene rings is 2. The molecule has 122 valence electrons. The molecule has 0 saturated carbocycles. The second-order valence-corrected chi connectivity index (χ2v) is 5.97. The average Bonchev–Trinajstić information content (AvgIpc) is 2.59. The number of carbonyl (C=O) groups excluding carboxylic acids is 1. The molecule has 0 unspecified atom stereocenters. The predicted octanol–water partition coefficient (Wildman–Crippen LogP) is 3.56. The maximum Gasteiger partial charge on any atom is 0.275 e. The summed E-state index contributed by atoms with van der Waals surface area (Å²) in [6, 6.07) is 11.7. The Balaban J connectivity index is 1.93. The first-order valence-corrected chi connectivity index (χ1v) is 7.89. The Bertz CT molecular complexity index is 981. The summed E-state index contributed by atoms with van der Waals surface area (Å²) in [6.45, 7) is 3.46. The van der Waals surface area contributed by atoms with Crippen molar-refractivity contribution in [2.24, 2.45) is 0 Å². The van der Waals surface area contributed by atoms with Gasteiger partial charge in [-0.2, -0.15) is 5.10 Å². The molecule has 0 aliphatic carbocycles. The van der Waals surface area contributed by atoms with Crippen LogP contribution < -0.4 is 10.9 Å². The molecule has 0 aliphatic heterocycles. The summed E-state index contributed by atoms with van der Waals surface area (Å²) in [5, 5.41) is 8.78. The molecule has 0 fully saturated rings. The van der Waals surface area contributed by atoms with E-state index in [4.69, 9.17) is 11.6 Å². The number of carbonyl (C=O) groups is 1. The van der Waals surface area contributed by atoms with Gasteiger partial charge in [0, 0.05) is 16.1 Å². The van der Waals surface area contributed by atoms with Crippen LogP contribution in [0.25, 0.3) is 10.8 Å². The standard InChI is InChI=1S/C18H16ClN3O2/c1-11-15(19)8-5-9-16(11)21-17(23)12(2)22-18(24)14-7-4-3-6-13(14)10-20-22/h3-10,12H,1-2H3,(H,21,23)/t12-/m0/s1. The molecule has 0 spiro atoms. The molecule has 0 aliphatic rings. The Morgan fingerprint density at radius 2 is 1.96 bits per heavy atom. The summed E-state index contributed by atoms with van der Waals surface area (Å²) in [6.07, 6.45) is 1.59. The predicted molar refractivity (Wildman–Crippen MR) is 95.5 cm³/mol. The number of rotatable bonds is 3. The summed E-state index contributed by atoms with van der Waals surface area (Å²) in [5.74, 6) is -0.328. The number of amides is 1. The minimum atomic E-state index is -0.750. The fourth-order valence-corrected chi connectivity index (χ4v) is 2.65. The SMILES string of the molecule is Cc1c(Cl)cccc1NC(=O)[C@H](C)n1ncc2ccccc2c1=O. The topological polar surface area (TPSA) is 64.0 Å². The fraction of sp³-hybridized carbons (Fsp3) is 0.167. The molecular formula is C18H16ClN3O2. The number of aromatic nitrogens is 2. The smallest absolute Gasteiger partial charge is 0.275 e. The molecular weight excluding hydrogens is 326 g/mol. The van der Waals surface area contributed by atoms with E-state index in [0.717, 1.165) is 10.9 Å². The highest BCUT2D eigenvalue weighted by atomic mass is 35.5. The van der Waals surface area contributed by atoms with Gasteiger partial charge in [0.05, 0.1) is 11.6 Å². The Hall–Kier alpha value is -2.66. The van der Waals surface area contributed by atoms with E-state index in [9.17, 15) is 9.59 Å². The maximum absolute atomic E-state index is 12.5. The maximum atomic E-state index is 12.5. The van der Waals surface area contributed by atoms with Gasteiger partial charge in [0.1, 0.15) is 6.04 Å². The number of fused-ring (bicyclic) bond motifs is 1. The van der Waals surface area contributed by atoms with E-state index in [0.29, 0.717) is 16.1 Å². The highest BCUT2D eigenvalue weighted by Crippen LogP contribution is 2.23. The van der Waals surface area contributed by atoms with Crippen LogP contribution in [-0.2, 0) is 4.79 Å². The average molecular weight is 342 g/mol. The molecule has 0 saturated heterocycles. The number of hydrogen-bond acceptors (Lipinski definition) is 3. The summed E-state index contributed by atoms with van der Waals surface area (Å²) in [5.41, 5.74) is 1.10. The van der Waals surface area contributed by atoms with Crippen molar-refractivity contribution in [1.82, 2.24) is 9.78 Å². The molecule has 1 atom stereocenters. The lowest BCUT2D eigenvalue weighted by atomic mass is 10.2. The van der Waals surface area contributed by atoms with Crippen molar-refractivity contribution in [3.05, 3.63) is 69.6 Å².